The van der Waals surface area contributed by atoms with E-state index in [0.29, 0.717) is 6.04 Å². The van der Waals surface area contributed by atoms with E-state index in [1.54, 1.807) is 0 Å². The van der Waals surface area contributed by atoms with Crippen LogP contribution < -0.4 is 5.32 Å². The molecule has 4 heteroatoms. The van der Waals surface area contributed by atoms with Gasteiger partial charge in [-0.1, -0.05) is 0 Å². The Hall–Kier alpha value is -0.870. The second-order valence-corrected chi connectivity index (χ2v) is 5.32. The number of hydrogen-bond acceptors (Lipinski definition) is 3. The lowest BCUT2D eigenvalue weighted by atomic mass is 9.87. The highest BCUT2D eigenvalue weighted by atomic mass is 16.5. The van der Waals surface area contributed by atoms with Gasteiger partial charge in [0.1, 0.15) is 0 Å². The van der Waals surface area contributed by atoms with Gasteiger partial charge in [-0.15, -0.1) is 0 Å². The van der Waals surface area contributed by atoms with Crippen LogP contribution in [-0.2, 0) is 18.2 Å². The van der Waals surface area contributed by atoms with Crippen molar-refractivity contribution in [1.82, 2.24) is 15.1 Å². The molecular weight excluding hydrogens is 226 g/mol. The summed E-state index contributed by atoms with van der Waals surface area (Å²) >= 11 is 0. The van der Waals surface area contributed by atoms with Crippen molar-refractivity contribution in [2.75, 3.05) is 20.3 Å². The quantitative estimate of drug-likeness (QED) is 0.883. The summed E-state index contributed by atoms with van der Waals surface area (Å²) in [5.74, 6) is 0.725. The van der Waals surface area contributed by atoms with Gasteiger partial charge in [0.25, 0.3) is 0 Å². The van der Waals surface area contributed by atoms with Gasteiger partial charge in [0.2, 0.25) is 0 Å². The molecule has 1 saturated heterocycles. The molecule has 18 heavy (non-hydrogen) atoms. The molecule has 1 aliphatic rings. The van der Waals surface area contributed by atoms with Crippen molar-refractivity contribution >= 4 is 0 Å². The van der Waals surface area contributed by atoms with E-state index in [2.05, 4.69) is 31.3 Å². The van der Waals surface area contributed by atoms with Gasteiger partial charge in [-0.3, -0.25) is 4.68 Å². The lowest BCUT2D eigenvalue weighted by molar-refractivity contribution is 0.0547. The average molecular weight is 251 g/mol. The van der Waals surface area contributed by atoms with Gasteiger partial charge < -0.3 is 10.1 Å². The monoisotopic (exact) mass is 251 g/mol. The molecule has 1 unspecified atom stereocenters. The van der Waals surface area contributed by atoms with Crippen LogP contribution in [0.15, 0.2) is 0 Å². The summed E-state index contributed by atoms with van der Waals surface area (Å²) in [5, 5.41) is 8.00. The Bertz CT molecular complexity index is 394. The van der Waals surface area contributed by atoms with Crippen LogP contribution in [0, 0.1) is 19.8 Å². The minimum atomic E-state index is 0.538. The summed E-state index contributed by atoms with van der Waals surface area (Å²) < 4.78 is 7.44. The summed E-state index contributed by atoms with van der Waals surface area (Å²) in [6.45, 7) is 6.09. The van der Waals surface area contributed by atoms with Crippen LogP contribution in [0.4, 0.5) is 0 Å². The Morgan fingerprint density at radius 3 is 2.56 bits per heavy atom. The standard InChI is InChI=1S/C14H25N3O/c1-10-13(11(2)17(4)16-10)9-14(15-3)12-5-7-18-8-6-12/h12,14-15H,5-9H2,1-4H3. The molecule has 0 aromatic carbocycles. The van der Waals surface area contributed by atoms with E-state index in [1.165, 1.54) is 29.8 Å². The molecule has 1 fully saturated rings. The first kappa shape index (κ1) is 13.6. The lowest BCUT2D eigenvalue weighted by Gasteiger charge is -2.30. The Morgan fingerprint density at radius 1 is 1.39 bits per heavy atom. The number of ether oxygens (including phenoxy) is 1. The molecule has 1 aliphatic heterocycles. The molecular formula is C14H25N3O. The summed E-state index contributed by atoms with van der Waals surface area (Å²) in [4.78, 5) is 0. The molecule has 0 aliphatic carbocycles. The zero-order valence-corrected chi connectivity index (χ0v) is 12.0. The number of nitrogens with one attached hydrogen (secondary N) is 1. The minimum Gasteiger partial charge on any atom is -0.381 e. The smallest absolute Gasteiger partial charge is 0.0628 e. The van der Waals surface area contributed by atoms with Crippen LogP contribution in [0.1, 0.15) is 29.8 Å². The molecule has 0 bridgehead atoms. The second-order valence-electron chi connectivity index (χ2n) is 5.32. The molecule has 0 radical (unpaired) electrons. The van der Waals surface area contributed by atoms with Crippen molar-refractivity contribution in [3.8, 4) is 0 Å². The first-order chi connectivity index (χ1) is 8.63. The van der Waals surface area contributed by atoms with Crippen LogP contribution in [0.2, 0.25) is 0 Å². The summed E-state index contributed by atoms with van der Waals surface area (Å²) in [6, 6.07) is 0.538. The van der Waals surface area contributed by atoms with Gasteiger partial charge >= 0.3 is 0 Å². The van der Waals surface area contributed by atoms with Crippen molar-refractivity contribution < 1.29 is 4.74 Å². The van der Waals surface area contributed by atoms with Crippen LogP contribution in [0.25, 0.3) is 0 Å². The van der Waals surface area contributed by atoms with Crippen molar-refractivity contribution in [3.63, 3.8) is 0 Å². The molecule has 1 aromatic rings. The van der Waals surface area contributed by atoms with E-state index >= 15 is 0 Å². The normalized spacial score (nSPS) is 19.1. The first-order valence-corrected chi connectivity index (χ1v) is 6.87. The van der Waals surface area contributed by atoms with Gasteiger partial charge in [-0.2, -0.15) is 5.10 Å². The van der Waals surface area contributed by atoms with Crippen molar-refractivity contribution in [2.45, 2.75) is 39.2 Å². The molecule has 0 spiro atoms. The fourth-order valence-corrected chi connectivity index (χ4v) is 2.96. The first-order valence-electron chi connectivity index (χ1n) is 6.87. The number of rotatable bonds is 4. The van der Waals surface area contributed by atoms with Crippen LogP contribution in [-0.4, -0.2) is 36.1 Å². The van der Waals surface area contributed by atoms with E-state index in [4.69, 9.17) is 4.74 Å². The van der Waals surface area contributed by atoms with E-state index < -0.39 is 0 Å². The maximum Gasteiger partial charge on any atom is 0.0628 e. The lowest BCUT2D eigenvalue weighted by Crippen LogP contribution is -2.38. The number of hydrogen-bond donors (Lipinski definition) is 1. The number of aryl methyl sites for hydroxylation is 2. The summed E-state index contributed by atoms with van der Waals surface area (Å²) in [6.07, 6.45) is 3.42. The number of likely N-dealkylation sites (N-methyl/N-ethyl adjacent to an activating group) is 1. The van der Waals surface area contributed by atoms with E-state index in [-0.39, 0.29) is 0 Å². The molecule has 1 aromatic heterocycles. The van der Waals surface area contributed by atoms with E-state index in [0.717, 1.165) is 25.6 Å². The topological polar surface area (TPSA) is 39.1 Å². The van der Waals surface area contributed by atoms with Crippen LogP contribution in [0.5, 0.6) is 0 Å². The Morgan fingerprint density at radius 2 is 2.06 bits per heavy atom. The summed E-state index contributed by atoms with van der Waals surface area (Å²) in [7, 11) is 4.09. The zero-order chi connectivity index (χ0) is 13.1. The van der Waals surface area contributed by atoms with Crippen molar-refractivity contribution in [2.24, 2.45) is 13.0 Å². The third-order valence-electron chi connectivity index (χ3n) is 4.29. The Kier molecular flexibility index (Phi) is 4.40. The predicted octanol–water partition coefficient (Wildman–Crippen LogP) is 1.59. The Labute approximate surface area is 110 Å². The largest absolute Gasteiger partial charge is 0.381 e. The molecule has 0 saturated carbocycles. The molecule has 4 nitrogen and oxygen atoms in total. The second kappa shape index (κ2) is 5.85. The van der Waals surface area contributed by atoms with E-state index in [1.807, 2.05) is 11.7 Å². The van der Waals surface area contributed by atoms with Crippen LogP contribution >= 0.6 is 0 Å². The van der Waals surface area contributed by atoms with Crippen LogP contribution in [0.3, 0.4) is 0 Å². The van der Waals surface area contributed by atoms with Gasteiger partial charge in [0, 0.05) is 32.0 Å². The molecule has 2 heterocycles. The fourth-order valence-electron chi connectivity index (χ4n) is 2.96. The molecule has 1 N–H and O–H groups in total. The molecule has 0 amide bonds. The van der Waals surface area contributed by atoms with Crippen molar-refractivity contribution in [1.29, 1.82) is 0 Å². The molecule has 2 rings (SSSR count). The zero-order valence-electron chi connectivity index (χ0n) is 12.0. The summed E-state index contributed by atoms with van der Waals surface area (Å²) in [5.41, 5.74) is 3.87. The van der Waals surface area contributed by atoms with Gasteiger partial charge in [0.15, 0.2) is 0 Å². The third-order valence-corrected chi connectivity index (χ3v) is 4.29. The average Bonchev–Trinajstić information content (AvgIpc) is 2.62. The third kappa shape index (κ3) is 2.75. The molecule has 102 valence electrons. The highest BCUT2D eigenvalue weighted by Gasteiger charge is 2.24. The predicted molar refractivity (Wildman–Crippen MR) is 72.8 cm³/mol. The highest BCUT2D eigenvalue weighted by Crippen LogP contribution is 2.23. The Balaban J connectivity index is 2.09. The minimum absolute atomic E-state index is 0.538. The van der Waals surface area contributed by atoms with Gasteiger partial charge in [0.05, 0.1) is 5.69 Å². The maximum absolute atomic E-state index is 5.45. The van der Waals surface area contributed by atoms with Gasteiger partial charge in [-0.25, -0.2) is 0 Å². The van der Waals surface area contributed by atoms with Crippen molar-refractivity contribution in [3.05, 3.63) is 17.0 Å². The maximum atomic E-state index is 5.45. The number of nitrogens with zero attached hydrogens (tertiary/aromatic N) is 2. The number of aromatic nitrogens is 2. The highest BCUT2D eigenvalue weighted by molar-refractivity contribution is 5.25. The SMILES string of the molecule is CNC(Cc1c(C)nn(C)c1C)C1CCOCC1. The fraction of sp³-hybridized carbons (Fsp3) is 0.786. The van der Waals surface area contributed by atoms with E-state index in [9.17, 15) is 0 Å². The molecule has 1 atom stereocenters. The van der Waals surface area contributed by atoms with Gasteiger partial charge in [-0.05, 0) is 51.6 Å².